The SMILES string of the molecule is COc1cccc(N(CCC(=O)Nc2c(C)cc(C)cc2Cl)C(C)=O)c1. The van der Waals surface area contributed by atoms with Gasteiger partial charge in [-0.3, -0.25) is 9.59 Å². The smallest absolute Gasteiger partial charge is 0.226 e. The molecule has 0 aliphatic carbocycles. The Morgan fingerprint density at radius 3 is 2.54 bits per heavy atom. The third-order valence-electron chi connectivity index (χ3n) is 4.00. The van der Waals surface area contributed by atoms with E-state index in [0.29, 0.717) is 22.1 Å². The lowest BCUT2D eigenvalue weighted by Gasteiger charge is -2.21. The van der Waals surface area contributed by atoms with Gasteiger partial charge in [0.05, 0.1) is 17.8 Å². The molecule has 0 unspecified atom stereocenters. The Morgan fingerprint density at radius 2 is 1.92 bits per heavy atom. The lowest BCUT2D eigenvalue weighted by Crippen LogP contribution is -2.32. The van der Waals surface area contributed by atoms with Crippen LogP contribution in [0, 0.1) is 13.8 Å². The van der Waals surface area contributed by atoms with Crippen molar-refractivity contribution in [2.24, 2.45) is 0 Å². The number of carbonyl (C=O) groups excluding carboxylic acids is 2. The predicted molar refractivity (Wildman–Crippen MR) is 105 cm³/mol. The van der Waals surface area contributed by atoms with Crippen molar-refractivity contribution in [1.82, 2.24) is 0 Å². The van der Waals surface area contributed by atoms with Crippen molar-refractivity contribution in [3.05, 3.63) is 52.5 Å². The van der Waals surface area contributed by atoms with Crippen molar-refractivity contribution in [3.63, 3.8) is 0 Å². The number of anilines is 2. The summed E-state index contributed by atoms with van der Waals surface area (Å²) in [5.41, 5.74) is 3.23. The first-order valence-electron chi connectivity index (χ1n) is 8.30. The fraction of sp³-hybridized carbons (Fsp3) is 0.300. The third-order valence-corrected chi connectivity index (χ3v) is 4.30. The molecule has 138 valence electrons. The van der Waals surface area contributed by atoms with Gasteiger partial charge in [-0.25, -0.2) is 0 Å². The fourth-order valence-corrected chi connectivity index (χ4v) is 3.10. The molecule has 2 aromatic carbocycles. The van der Waals surface area contributed by atoms with Crippen LogP contribution in [0.15, 0.2) is 36.4 Å². The normalized spacial score (nSPS) is 10.3. The minimum atomic E-state index is -0.201. The van der Waals surface area contributed by atoms with Gasteiger partial charge in [-0.1, -0.05) is 23.7 Å². The summed E-state index contributed by atoms with van der Waals surface area (Å²) in [6.45, 7) is 5.57. The third kappa shape index (κ3) is 4.99. The van der Waals surface area contributed by atoms with Crippen LogP contribution in [-0.2, 0) is 9.59 Å². The van der Waals surface area contributed by atoms with Gasteiger partial charge >= 0.3 is 0 Å². The van der Waals surface area contributed by atoms with Gasteiger partial charge in [0.2, 0.25) is 11.8 Å². The topological polar surface area (TPSA) is 58.6 Å². The molecule has 0 bridgehead atoms. The van der Waals surface area contributed by atoms with E-state index in [-0.39, 0.29) is 24.8 Å². The average molecular weight is 375 g/mol. The van der Waals surface area contributed by atoms with Gasteiger partial charge in [-0.15, -0.1) is 0 Å². The summed E-state index contributed by atoms with van der Waals surface area (Å²) in [6.07, 6.45) is 0.153. The number of halogens is 1. The zero-order valence-electron chi connectivity index (χ0n) is 15.4. The number of hydrogen-bond acceptors (Lipinski definition) is 3. The van der Waals surface area contributed by atoms with E-state index in [4.69, 9.17) is 16.3 Å². The van der Waals surface area contributed by atoms with Crippen LogP contribution in [0.1, 0.15) is 24.5 Å². The number of methoxy groups -OCH3 is 1. The van der Waals surface area contributed by atoms with E-state index in [1.807, 2.05) is 32.0 Å². The number of hydrogen-bond donors (Lipinski definition) is 1. The van der Waals surface area contributed by atoms with E-state index in [2.05, 4.69) is 5.32 Å². The lowest BCUT2D eigenvalue weighted by molar-refractivity contribution is -0.117. The summed E-state index contributed by atoms with van der Waals surface area (Å²) in [7, 11) is 1.57. The summed E-state index contributed by atoms with van der Waals surface area (Å²) >= 11 is 6.23. The molecule has 2 amide bonds. The second-order valence-corrected chi connectivity index (χ2v) is 6.52. The first-order chi connectivity index (χ1) is 12.3. The predicted octanol–water partition coefficient (Wildman–Crippen LogP) is 4.35. The van der Waals surface area contributed by atoms with Gasteiger partial charge in [-0.05, 0) is 43.2 Å². The minimum absolute atomic E-state index is 0.143. The maximum atomic E-state index is 12.4. The number of rotatable bonds is 6. The number of aryl methyl sites for hydroxylation is 2. The highest BCUT2D eigenvalue weighted by molar-refractivity contribution is 6.34. The van der Waals surface area contributed by atoms with Crippen molar-refractivity contribution in [2.75, 3.05) is 23.9 Å². The summed E-state index contributed by atoms with van der Waals surface area (Å²) in [5, 5.41) is 3.35. The fourth-order valence-electron chi connectivity index (χ4n) is 2.74. The Bertz CT molecular complexity index is 797. The largest absolute Gasteiger partial charge is 0.497 e. The number of nitrogens with zero attached hydrogens (tertiary/aromatic N) is 1. The highest BCUT2D eigenvalue weighted by atomic mass is 35.5. The average Bonchev–Trinajstić information content (AvgIpc) is 2.58. The maximum Gasteiger partial charge on any atom is 0.226 e. The summed E-state index contributed by atoms with van der Waals surface area (Å²) in [4.78, 5) is 25.9. The zero-order valence-corrected chi connectivity index (χ0v) is 16.2. The highest BCUT2D eigenvalue weighted by Gasteiger charge is 2.15. The van der Waals surface area contributed by atoms with E-state index < -0.39 is 0 Å². The second-order valence-electron chi connectivity index (χ2n) is 6.11. The van der Waals surface area contributed by atoms with Crippen LogP contribution in [0.5, 0.6) is 5.75 Å². The first-order valence-corrected chi connectivity index (χ1v) is 8.68. The first kappa shape index (κ1) is 19.8. The highest BCUT2D eigenvalue weighted by Crippen LogP contribution is 2.27. The quantitative estimate of drug-likeness (QED) is 0.817. The summed E-state index contributed by atoms with van der Waals surface area (Å²) < 4.78 is 5.19. The molecule has 0 aliphatic heterocycles. The molecule has 0 radical (unpaired) electrons. The molecule has 0 heterocycles. The van der Waals surface area contributed by atoms with Gasteiger partial charge in [-0.2, -0.15) is 0 Å². The minimum Gasteiger partial charge on any atom is -0.497 e. The zero-order chi connectivity index (χ0) is 19.3. The molecule has 0 aromatic heterocycles. The number of amides is 2. The van der Waals surface area contributed by atoms with Crippen molar-refractivity contribution in [3.8, 4) is 5.75 Å². The Kier molecular flexibility index (Phi) is 6.64. The van der Waals surface area contributed by atoms with E-state index in [1.165, 1.54) is 6.92 Å². The van der Waals surface area contributed by atoms with Crippen LogP contribution in [0.25, 0.3) is 0 Å². The van der Waals surface area contributed by atoms with Crippen LogP contribution < -0.4 is 15.0 Å². The van der Waals surface area contributed by atoms with Crippen LogP contribution in [-0.4, -0.2) is 25.5 Å². The lowest BCUT2D eigenvalue weighted by atomic mass is 10.1. The van der Waals surface area contributed by atoms with Crippen molar-refractivity contribution in [1.29, 1.82) is 0 Å². The summed E-state index contributed by atoms with van der Waals surface area (Å²) in [6, 6.07) is 10.9. The van der Waals surface area contributed by atoms with Gasteiger partial charge in [0.15, 0.2) is 0 Å². The molecule has 2 rings (SSSR count). The molecule has 26 heavy (non-hydrogen) atoms. The molecule has 2 aromatic rings. The molecular weight excluding hydrogens is 352 g/mol. The van der Waals surface area contributed by atoms with Crippen LogP contribution in [0.2, 0.25) is 5.02 Å². The maximum absolute atomic E-state index is 12.4. The standard InChI is InChI=1S/C20H23ClN2O3/c1-13-10-14(2)20(18(21)11-13)22-19(25)8-9-23(15(3)24)16-6-5-7-17(12-16)26-4/h5-7,10-12H,8-9H2,1-4H3,(H,22,25). The molecule has 0 aliphatic rings. The molecule has 0 saturated carbocycles. The molecule has 5 nitrogen and oxygen atoms in total. The number of nitrogens with one attached hydrogen (secondary N) is 1. The van der Waals surface area contributed by atoms with Crippen molar-refractivity contribution >= 4 is 34.8 Å². The Hall–Kier alpha value is -2.53. The number of ether oxygens (including phenoxy) is 1. The molecule has 0 saturated heterocycles. The Morgan fingerprint density at radius 1 is 1.19 bits per heavy atom. The van der Waals surface area contributed by atoms with Crippen molar-refractivity contribution < 1.29 is 14.3 Å². The van der Waals surface area contributed by atoms with Gasteiger partial charge in [0, 0.05) is 31.6 Å². The van der Waals surface area contributed by atoms with Gasteiger partial charge in [0.25, 0.3) is 0 Å². The summed E-state index contributed by atoms with van der Waals surface area (Å²) in [5.74, 6) is 0.309. The molecule has 0 atom stereocenters. The van der Waals surface area contributed by atoms with E-state index in [9.17, 15) is 9.59 Å². The molecule has 6 heteroatoms. The Labute approximate surface area is 158 Å². The second kappa shape index (κ2) is 8.72. The van der Waals surface area contributed by atoms with E-state index >= 15 is 0 Å². The number of benzene rings is 2. The molecular formula is C20H23ClN2O3. The van der Waals surface area contributed by atoms with Crippen LogP contribution >= 0.6 is 11.6 Å². The molecule has 0 fully saturated rings. The van der Waals surface area contributed by atoms with E-state index in [1.54, 1.807) is 30.2 Å². The molecule has 1 N–H and O–H groups in total. The molecule has 0 spiro atoms. The monoisotopic (exact) mass is 374 g/mol. The van der Waals surface area contributed by atoms with Crippen LogP contribution in [0.4, 0.5) is 11.4 Å². The number of carbonyl (C=O) groups is 2. The van der Waals surface area contributed by atoms with Crippen LogP contribution in [0.3, 0.4) is 0 Å². The Balaban J connectivity index is 2.07. The van der Waals surface area contributed by atoms with Gasteiger partial charge < -0.3 is 15.0 Å². The van der Waals surface area contributed by atoms with E-state index in [0.717, 1.165) is 11.1 Å². The van der Waals surface area contributed by atoms with Crippen molar-refractivity contribution in [2.45, 2.75) is 27.2 Å². The van der Waals surface area contributed by atoms with Gasteiger partial charge in [0.1, 0.15) is 5.75 Å².